The molecule has 23 heavy (non-hydrogen) atoms. The topological polar surface area (TPSA) is 7.68 Å². The van der Waals surface area contributed by atoms with E-state index in [2.05, 4.69) is 36.9 Å². The van der Waals surface area contributed by atoms with Gasteiger partial charge < -0.3 is 9.80 Å². The molecule has 3 rings (SSSR count). The van der Waals surface area contributed by atoms with Crippen molar-refractivity contribution >= 4 is 28.9 Å². The quantitative estimate of drug-likeness (QED) is 0.890. The van der Waals surface area contributed by atoms with E-state index in [0.717, 1.165) is 48.3 Å². The van der Waals surface area contributed by atoms with Crippen molar-refractivity contribution in [3.8, 4) is 0 Å². The highest BCUT2D eigenvalue weighted by molar-refractivity contribution is 6.35. The van der Waals surface area contributed by atoms with Crippen LogP contribution in [0.1, 0.15) is 16.7 Å². The van der Waals surface area contributed by atoms with Gasteiger partial charge in [0.15, 0.2) is 0 Å². The van der Waals surface area contributed by atoms with E-state index in [0.29, 0.717) is 0 Å². The van der Waals surface area contributed by atoms with Gasteiger partial charge in [0.2, 0.25) is 0 Å². The number of nitrogens with one attached hydrogen (secondary N) is 1. The zero-order valence-corrected chi connectivity index (χ0v) is 15.2. The average molecular weight is 350 g/mol. The minimum absolute atomic E-state index is 0.780. The van der Waals surface area contributed by atoms with Crippen LogP contribution in [0.25, 0.3) is 0 Å². The molecule has 0 amide bonds. The molecule has 2 aromatic rings. The smallest absolute Gasteiger partial charge is 0.106 e. The van der Waals surface area contributed by atoms with E-state index in [4.69, 9.17) is 23.2 Å². The predicted octanol–water partition coefficient (Wildman–Crippen LogP) is 3.52. The number of anilines is 1. The summed E-state index contributed by atoms with van der Waals surface area (Å²) in [5.41, 5.74) is 5.20. The van der Waals surface area contributed by atoms with Crippen LogP contribution >= 0.6 is 23.2 Å². The van der Waals surface area contributed by atoms with Crippen molar-refractivity contribution < 1.29 is 4.90 Å². The number of nitrogens with zero attached hydrogens (tertiary/aromatic N) is 1. The van der Waals surface area contributed by atoms with Crippen molar-refractivity contribution in [3.05, 3.63) is 63.1 Å². The van der Waals surface area contributed by atoms with Gasteiger partial charge in [0.1, 0.15) is 6.54 Å². The van der Waals surface area contributed by atoms with Crippen LogP contribution in [0.5, 0.6) is 0 Å². The Morgan fingerprint density at radius 3 is 2.22 bits per heavy atom. The molecule has 0 aromatic heterocycles. The Hall–Kier alpha value is -1.22. The molecule has 1 heterocycles. The van der Waals surface area contributed by atoms with Crippen molar-refractivity contribution in [2.75, 3.05) is 31.1 Å². The van der Waals surface area contributed by atoms with Crippen molar-refractivity contribution in [1.29, 1.82) is 0 Å². The molecular formula is C19H23Cl2N2+. The summed E-state index contributed by atoms with van der Waals surface area (Å²) in [5.74, 6) is 0. The van der Waals surface area contributed by atoms with Crippen LogP contribution in [-0.2, 0) is 6.54 Å². The maximum atomic E-state index is 6.30. The lowest BCUT2D eigenvalue weighted by molar-refractivity contribution is -0.914. The number of rotatable bonds is 3. The third-order valence-corrected chi connectivity index (χ3v) is 5.58. The number of hydrogen-bond donors (Lipinski definition) is 1. The van der Waals surface area contributed by atoms with Gasteiger partial charge in [-0.3, -0.25) is 0 Å². The first-order chi connectivity index (χ1) is 11.1. The standard InChI is InChI=1S/C19H22Cl2N2/c1-14-5-3-8-19(15(14)2)23-11-9-22(10-12-23)13-16-17(20)6-4-7-18(16)21/h3-8H,9-13H2,1-2H3/p+1. The molecule has 0 atom stereocenters. The lowest BCUT2D eigenvalue weighted by atomic mass is 10.1. The molecule has 0 aliphatic carbocycles. The number of benzene rings is 2. The molecule has 122 valence electrons. The Balaban J connectivity index is 1.66. The van der Waals surface area contributed by atoms with Gasteiger partial charge in [-0.1, -0.05) is 41.4 Å². The molecule has 4 heteroatoms. The van der Waals surface area contributed by atoms with Crippen LogP contribution in [0, 0.1) is 13.8 Å². The molecule has 1 fully saturated rings. The summed E-state index contributed by atoms with van der Waals surface area (Å²) in [4.78, 5) is 4.04. The molecule has 0 bridgehead atoms. The fourth-order valence-corrected chi connectivity index (χ4v) is 3.80. The highest BCUT2D eigenvalue weighted by atomic mass is 35.5. The van der Waals surface area contributed by atoms with Crippen LogP contribution in [0.4, 0.5) is 5.69 Å². The number of aryl methyl sites for hydroxylation is 1. The second-order valence-corrected chi connectivity index (χ2v) is 7.15. The van der Waals surface area contributed by atoms with Crippen molar-refractivity contribution in [2.45, 2.75) is 20.4 Å². The second-order valence-electron chi connectivity index (χ2n) is 6.33. The molecule has 0 unspecified atom stereocenters. The summed E-state index contributed by atoms with van der Waals surface area (Å²) >= 11 is 12.6. The van der Waals surface area contributed by atoms with Gasteiger partial charge in [-0.15, -0.1) is 0 Å². The first kappa shape index (κ1) is 16.6. The second kappa shape index (κ2) is 7.12. The van der Waals surface area contributed by atoms with E-state index in [1.165, 1.54) is 16.8 Å². The fraction of sp³-hybridized carbons (Fsp3) is 0.368. The Labute approximate surface area is 148 Å². The highest BCUT2D eigenvalue weighted by Gasteiger charge is 2.23. The Morgan fingerprint density at radius 1 is 0.957 bits per heavy atom. The summed E-state index contributed by atoms with van der Waals surface area (Å²) in [6.45, 7) is 9.65. The van der Waals surface area contributed by atoms with Crippen LogP contribution in [0.3, 0.4) is 0 Å². The Bertz CT molecular complexity index is 672. The third kappa shape index (κ3) is 3.65. The predicted molar refractivity (Wildman–Crippen MR) is 99.0 cm³/mol. The summed E-state index contributed by atoms with van der Waals surface area (Å²) < 4.78 is 0. The van der Waals surface area contributed by atoms with Gasteiger partial charge in [-0.05, 0) is 43.2 Å². The third-order valence-electron chi connectivity index (χ3n) is 4.88. The SMILES string of the molecule is Cc1cccc(N2CC[NH+](Cc3c(Cl)cccc3Cl)CC2)c1C. The number of quaternary nitrogens is 1. The number of piperazine rings is 1. The van der Waals surface area contributed by atoms with Crippen molar-refractivity contribution in [1.82, 2.24) is 0 Å². The minimum Gasteiger partial charge on any atom is -0.360 e. The van der Waals surface area contributed by atoms with Crippen molar-refractivity contribution in [3.63, 3.8) is 0 Å². The van der Waals surface area contributed by atoms with Gasteiger partial charge in [-0.25, -0.2) is 0 Å². The van der Waals surface area contributed by atoms with E-state index in [9.17, 15) is 0 Å². The first-order valence-corrected chi connectivity index (χ1v) is 8.89. The molecule has 1 N–H and O–H groups in total. The monoisotopic (exact) mass is 349 g/mol. The Kier molecular flexibility index (Phi) is 5.15. The van der Waals surface area contributed by atoms with E-state index in [1.54, 1.807) is 4.90 Å². The zero-order valence-electron chi connectivity index (χ0n) is 13.7. The lowest BCUT2D eigenvalue weighted by Gasteiger charge is -2.35. The summed E-state index contributed by atoms with van der Waals surface area (Å²) in [6, 6.07) is 12.3. The molecule has 2 aromatic carbocycles. The maximum absolute atomic E-state index is 6.30. The normalized spacial score (nSPS) is 15.9. The fourth-order valence-electron chi connectivity index (χ4n) is 3.27. The number of hydrogen-bond acceptors (Lipinski definition) is 1. The van der Waals surface area contributed by atoms with Gasteiger partial charge >= 0.3 is 0 Å². The molecule has 0 saturated carbocycles. The number of halogens is 2. The molecule has 2 nitrogen and oxygen atoms in total. The largest absolute Gasteiger partial charge is 0.360 e. The van der Waals surface area contributed by atoms with E-state index >= 15 is 0 Å². The van der Waals surface area contributed by atoms with Gasteiger partial charge in [0, 0.05) is 11.3 Å². The van der Waals surface area contributed by atoms with Crippen molar-refractivity contribution in [2.24, 2.45) is 0 Å². The average Bonchev–Trinajstić information content (AvgIpc) is 2.54. The van der Waals surface area contributed by atoms with Gasteiger partial charge in [0.05, 0.1) is 36.2 Å². The Morgan fingerprint density at radius 2 is 1.57 bits per heavy atom. The highest BCUT2D eigenvalue weighted by Crippen LogP contribution is 2.24. The van der Waals surface area contributed by atoms with E-state index < -0.39 is 0 Å². The van der Waals surface area contributed by atoms with E-state index in [-0.39, 0.29) is 0 Å². The summed E-state index contributed by atoms with van der Waals surface area (Å²) in [7, 11) is 0. The van der Waals surface area contributed by atoms with Crippen LogP contribution in [-0.4, -0.2) is 26.2 Å². The lowest BCUT2D eigenvalue weighted by Crippen LogP contribution is -3.13. The molecule has 0 radical (unpaired) electrons. The minimum atomic E-state index is 0.780. The molecule has 0 spiro atoms. The van der Waals surface area contributed by atoms with Crippen LogP contribution < -0.4 is 9.80 Å². The van der Waals surface area contributed by atoms with E-state index in [1.807, 2.05) is 18.2 Å². The zero-order chi connectivity index (χ0) is 16.4. The molecular weight excluding hydrogens is 327 g/mol. The molecule has 1 saturated heterocycles. The van der Waals surface area contributed by atoms with Gasteiger partial charge in [0.25, 0.3) is 0 Å². The van der Waals surface area contributed by atoms with Gasteiger partial charge in [-0.2, -0.15) is 0 Å². The van der Waals surface area contributed by atoms with Crippen LogP contribution in [0.15, 0.2) is 36.4 Å². The van der Waals surface area contributed by atoms with Crippen LogP contribution in [0.2, 0.25) is 10.0 Å². The maximum Gasteiger partial charge on any atom is 0.106 e. The first-order valence-electron chi connectivity index (χ1n) is 8.14. The molecule has 1 aliphatic heterocycles. The molecule has 1 aliphatic rings. The summed E-state index contributed by atoms with van der Waals surface area (Å²) in [6.07, 6.45) is 0. The summed E-state index contributed by atoms with van der Waals surface area (Å²) in [5, 5.41) is 1.56.